The number of nitrogens with one attached hydrogen (secondary N) is 2. The number of aryl methyl sites for hydroxylation is 1. The molecule has 26 heavy (non-hydrogen) atoms. The summed E-state index contributed by atoms with van der Waals surface area (Å²) in [7, 11) is 0. The molecule has 0 saturated carbocycles. The lowest BCUT2D eigenvalue weighted by Crippen LogP contribution is -2.46. The standard InChI is InChI=1S/C18H19N5O3/c1-11-8-16(22-26-11)18(25)23-6-4-13(5-7-23)21-17(24)12-2-3-14-15(9-12)20-10-19-14/h2-3,8-10,13H,4-7H2,1H3,(H,19,20)(H,21,24). The van der Waals surface area contributed by atoms with Gasteiger partial charge in [-0.15, -0.1) is 0 Å². The molecule has 3 aromatic rings. The zero-order chi connectivity index (χ0) is 18.1. The number of hydrogen-bond acceptors (Lipinski definition) is 5. The zero-order valence-electron chi connectivity index (χ0n) is 14.4. The van der Waals surface area contributed by atoms with Crippen LogP contribution in [0.2, 0.25) is 0 Å². The van der Waals surface area contributed by atoms with Crippen LogP contribution in [0.25, 0.3) is 11.0 Å². The van der Waals surface area contributed by atoms with E-state index in [1.807, 2.05) is 6.07 Å². The molecule has 2 aromatic heterocycles. The lowest BCUT2D eigenvalue weighted by molar-refractivity contribution is 0.0688. The maximum Gasteiger partial charge on any atom is 0.276 e. The Morgan fingerprint density at radius 2 is 2.08 bits per heavy atom. The van der Waals surface area contributed by atoms with Crippen LogP contribution in [-0.2, 0) is 0 Å². The molecule has 0 radical (unpaired) electrons. The van der Waals surface area contributed by atoms with E-state index in [0.29, 0.717) is 42.9 Å². The summed E-state index contributed by atoms with van der Waals surface area (Å²) in [4.78, 5) is 33.7. The van der Waals surface area contributed by atoms with Crippen LogP contribution in [0.5, 0.6) is 0 Å². The molecule has 1 aromatic carbocycles. The Labute approximate surface area is 149 Å². The van der Waals surface area contributed by atoms with E-state index < -0.39 is 0 Å². The number of aromatic nitrogens is 3. The van der Waals surface area contributed by atoms with E-state index in [2.05, 4.69) is 20.4 Å². The van der Waals surface area contributed by atoms with Crippen molar-refractivity contribution in [2.45, 2.75) is 25.8 Å². The highest BCUT2D eigenvalue weighted by Gasteiger charge is 2.26. The van der Waals surface area contributed by atoms with E-state index in [1.165, 1.54) is 0 Å². The first kappa shape index (κ1) is 16.3. The van der Waals surface area contributed by atoms with E-state index in [9.17, 15) is 9.59 Å². The van der Waals surface area contributed by atoms with Crippen molar-refractivity contribution in [1.29, 1.82) is 0 Å². The molecule has 1 aliphatic heterocycles. The van der Waals surface area contributed by atoms with Gasteiger partial charge in [-0.05, 0) is 38.0 Å². The van der Waals surface area contributed by atoms with Crippen LogP contribution < -0.4 is 5.32 Å². The molecule has 1 saturated heterocycles. The van der Waals surface area contributed by atoms with Gasteiger partial charge in [0.05, 0.1) is 17.4 Å². The summed E-state index contributed by atoms with van der Waals surface area (Å²) in [5.74, 6) is 0.375. The highest BCUT2D eigenvalue weighted by atomic mass is 16.5. The number of likely N-dealkylation sites (tertiary alicyclic amines) is 1. The summed E-state index contributed by atoms with van der Waals surface area (Å²) in [5, 5.41) is 6.82. The Bertz CT molecular complexity index is 953. The molecule has 134 valence electrons. The van der Waals surface area contributed by atoms with Crippen molar-refractivity contribution in [1.82, 2.24) is 25.3 Å². The van der Waals surface area contributed by atoms with Crippen LogP contribution in [0.15, 0.2) is 35.1 Å². The third-order valence-electron chi connectivity index (χ3n) is 4.65. The van der Waals surface area contributed by atoms with Gasteiger partial charge in [-0.2, -0.15) is 0 Å². The van der Waals surface area contributed by atoms with Crippen LogP contribution in [-0.4, -0.2) is 51.0 Å². The largest absolute Gasteiger partial charge is 0.361 e. The van der Waals surface area contributed by atoms with Crippen LogP contribution >= 0.6 is 0 Å². The quantitative estimate of drug-likeness (QED) is 0.748. The molecule has 2 N–H and O–H groups in total. The minimum Gasteiger partial charge on any atom is -0.361 e. The second-order valence-corrected chi connectivity index (χ2v) is 6.50. The molecule has 0 atom stereocenters. The molecular weight excluding hydrogens is 334 g/mol. The van der Waals surface area contributed by atoms with Crippen LogP contribution in [0.3, 0.4) is 0 Å². The fourth-order valence-corrected chi connectivity index (χ4v) is 3.20. The fraction of sp³-hybridized carbons (Fsp3) is 0.333. The third kappa shape index (κ3) is 3.17. The van der Waals surface area contributed by atoms with Gasteiger partial charge in [-0.25, -0.2) is 4.98 Å². The molecule has 0 spiro atoms. The number of hydrogen-bond donors (Lipinski definition) is 2. The Kier molecular flexibility index (Phi) is 4.16. The second-order valence-electron chi connectivity index (χ2n) is 6.50. The van der Waals surface area contributed by atoms with Crippen molar-refractivity contribution in [2.75, 3.05) is 13.1 Å². The average Bonchev–Trinajstić information content (AvgIpc) is 3.29. The summed E-state index contributed by atoms with van der Waals surface area (Å²) in [6, 6.07) is 7.07. The van der Waals surface area contributed by atoms with E-state index >= 15 is 0 Å². The summed E-state index contributed by atoms with van der Waals surface area (Å²) >= 11 is 0. The van der Waals surface area contributed by atoms with E-state index in [0.717, 1.165) is 11.0 Å². The number of rotatable bonds is 3. The van der Waals surface area contributed by atoms with Crippen molar-refractivity contribution in [3.63, 3.8) is 0 Å². The van der Waals surface area contributed by atoms with Gasteiger partial charge in [0.1, 0.15) is 5.76 Å². The van der Waals surface area contributed by atoms with E-state index in [4.69, 9.17) is 4.52 Å². The summed E-state index contributed by atoms with van der Waals surface area (Å²) < 4.78 is 4.96. The van der Waals surface area contributed by atoms with Gasteiger partial charge >= 0.3 is 0 Å². The van der Waals surface area contributed by atoms with Gasteiger partial charge in [-0.3, -0.25) is 9.59 Å². The Morgan fingerprint density at radius 1 is 1.27 bits per heavy atom. The van der Waals surface area contributed by atoms with Crippen LogP contribution in [0.4, 0.5) is 0 Å². The van der Waals surface area contributed by atoms with Gasteiger partial charge in [0.2, 0.25) is 0 Å². The van der Waals surface area contributed by atoms with Crippen molar-refractivity contribution in [3.05, 3.63) is 47.6 Å². The SMILES string of the molecule is Cc1cc(C(=O)N2CCC(NC(=O)c3ccc4nc[nH]c4c3)CC2)no1. The molecular formula is C18H19N5O3. The number of piperidine rings is 1. The van der Waals surface area contributed by atoms with Crippen LogP contribution in [0.1, 0.15) is 39.4 Å². The molecule has 8 nitrogen and oxygen atoms in total. The minimum atomic E-state index is -0.128. The summed E-state index contributed by atoms with van der Waals surface area (Å²) in [6.07, 6.45) is 3.02. The van der Waals surface area contributed by atoms with Crippen molar-refractivity contribution in [2.24, 2.45) is 0 Å². The summed E-state index contributed by atoms with van der Waals surface area (Å²) in [5.41, 5.74) is 2.59. The Morgan fingerprint density at radius 3 is 2.81 bits per heavy atom. The predicted molar refractivity (Wildman–Crippen MR) is 93.7 cm³/mol. The molecule has 3 heterocycles. The van der Waals surface area contributed by atoms with Gasteiger partial charge < -0.3 is 19.7 Å². The maximum atomic E-state index is 12.5. The van der Waals surface area contributed by atoms with Gasteiger partial charge in [0, 0.05) is 30.8 Å². The molecule has 1 aliphatic rings. The topological polar surface area (TPSA) is 104 Å². The Balaban J connectivity index is 1.34. The lowest BCUT2D eigenvalue weighted by Gasteiger charge is -2.31. The minimum absolute atomic E-state index is 0.0445. The number of imidazole rings is 1. The first-order chi connectivity index (χ1) is 12.6. The molecule has 2 amide bonds. The van der Waals surface area contributed by atoms with Crippen molar-refractivity contribution >= 4 is 22.8 Å². The lowest BCUT2D eigenvalue weighted by atomic mass is 10.0. The molecule has 0 unspecified atom stereocenters. The number of carbonyl (C=O) groups is 2. The average molecular weight is 353 g/mol. The van der Waals surface area contributed by atoms with Gasteiger partial charge in [0.25, 0.3) is 11.8 Å². The van der Waals surface area contributed by atoms with Crippen molar-refractivity contribution in [3.8, 4) is 0 Å². The predicted octanol–water partition coefficient (Wildman–Crippen LogP) is 1.89. The van der Waals surface area contributed by atoms with Crippen LogP contribution in [0, 0.1) is 6.92 Å². The first-order valence-electron chi connectivity index (χ1n) is 8.57. The number of fused-ring (bicyclic) bond motifs is 1. The number of nitrogens with zero attached hydrogens (tertiary/aromatic N) is 3. The first-order valence-corrected chi connectivity index (χ1v) is 8.57. The van der Waals surface area contributed by atoms with E-state index in [1.54, 1.807) is 36.4 Å². The molecule has 4 rings (SSSR count). The third-order valence-corrected chi connectivity index (χ3v) is 4.65. The van der Waals surface area contributed by atoms with Crippen molar-refractivity contribution < 1.29 is 14.1 Å². The van der Waals surface area contributed by atoms with Gasteiger partial charge in [-0.1, -0.05) is 5.16 Å². The second kappa shape index (κ2) is 6.62. The number of H-pyrrole nitrogens is 1. The number of benzene rings is 1. The molecule has 0 bridgehead atoms. The number of carbonyl (C=O) groups excluding carboxylic acids is 2. The maximum absolute atomic E-state index is 12.5. The molecule has 0 aliphatic carbocycles. The number of amides is 2. The zero-order valence-corrected chi connectivity index (χ0v) is 14.4. The highest BCUT2D eigenvalue weighted by molar-refractivity contribution is 5.97. The number of aromatic amines is 1. The summed E-state index contributed by atoms with van der Waals surface area (Å²) in [6.45, 7) is 2.91. The highest BCUT2D eigenvalue weighted by Crippen LogP contribution is 2.16. The fourth-order valence-electron chi connectivity index (χ4n) is 3.20. The van der Waals surface area contributed by atoms with E-state index in [-0.39, 0.29) is 17.9 Å². The molecule has 1 fully saturated rings. The smallest absolute Gasteiger partial charge is 0.276 e. The molecule has 8 heteroatoms. The van der Waals surface area contributed by atoms with Gasteiger partial charge in [0.15, 0.2) is 5.69 Å². The monoisotopic (exact) mass is 353 g/mol. The normalized spacial score (nSPS) is 15.3. The Hall–Kier alpha value is -3.16.